The molecule has 8 nitrogen and oxygen atoms in total. The number of carbonyl (C=O) groups excluding carboxylic acids is 2. The molecule has 1 aromatic heterocycles. The Kier molecular flexibility index (Phi) is 10.9. The van der Waals surface area contributed by atoms with Crippen LogP contribution in [0, 0.1) is 13.8 Å². The molecule has 0 spiro atoms. The fraction of sp³-hybridized carbons (Fsp3) is 0.355. The first-order chi connectivity index (χ1) is 18.7. The fourth-order valence-electron chi connectivity index (χ4n) is 4.56. The summed E-state index contributed by atoms with van der Waals surface area (Å²) in [4.78, 5) is 30.3. The number of aryl methyl sites for hydroxylation is 2. The van der Waals surface area contributed by atoms with Gasteiger partial charge in [0, 0.05) is 67.7 Å². The second kappa shape index (κ2) is 14.3. The Morgan fingerprint density at radius 1 is 1.21 bits per heavy atom. The summed E-state index contributed by atoms with van der Waals surface area (Å²) in [6, 6.07) is 7.65. The van der Waals surface area contributed by atoms with Crippen molar-refractivity contribution in [3.63, 3.8) is 0 Å². The molecular weight excluding hydrogens is 492 g/mol. The SMILES string of the molecule is CC(=O)N1CCN(C)CC1.Cc1cc(C)c(/C=C(\C=O)c2c(N)cccc2C2=CC=CCC(OCCO)=C2)[nH]1. The molecular formula is C31H40N4O4. The number of nitrogens with two attached hydrogens (primary N) is 1. The van der Waals surface area contributed by atoms with Crippen LogP contribution in [0.15, 0.2) is 54.3 Å². The number of piperazine rings is 1. The summed E-state index contributed by atoms with van der Waals surface area (Å²) in [7, 11) is 2.08. The first kappa shape index (κ1) is 29.7. The zero-order valence-corrected chi connectivity index (χ0v) is 23.4. The number of aliphatic hydroxyl groups excluding tert-OH is 1. The number of ether oxygens (including phenoxy) is 1. The van der Waals surface area contributed by atoms with Crippen LogP contribution in [0.3, 0.4) is 0 Å². The van der Waals surface area contributed by atoms with Gasteiger partial charge in [0.05, 0.1) is 6.61 Å². The van der Waals surface area contributed by atoms with Gasteiger partial charge in [0.25, 0.3) is 0 Å². The topological polar surface area (TPSA) is 112 Å². The van der Waals surface area contributed by atoms with E-state index in [-0.39, 0.29) is 19.1 Å². The minimum atomic E-state index is -0.0451. The maximum Gasteiger partial charge on any atom is 0.219 e. The number of benzene rings is 1. The highest BCUT2D eigenvalue weighted by Gasteiger charge is 2.16. The van der Waals surface area contributed by atoms with E-state index in [4.69, 9.17) is 15.6 Å². The number of H-pyrrole nitrogens is 1. The van der Waals surface area contributed by atoms with Crippen molar-refractivity contribution in [1.82, 2.24) is 14.8 Å². The highest BCUT2D eigenvalue weighted by molar-refractivity contribution is 6.17. The second-order valence-electron chi connectivity index (χ2n) is 9.78. The molecule has 0 radical (unpaired) electrons. The Bertz CT molecular complexity index is 1280. The van der Waals surface area contributed by atoms with Crippen LogP contribution >= 0.6 is 0 Å². The number of nitrogens with zero attached hydrogens (tertiary/aromatic N) is 2. The average molecular weight is 533 g/mol. The van der Waals surface area contributed by atoms with Gasteiger partial charge in [-0.2, -0.15) is 0 Å². The second-order valence-corrected chi connectivity index (χ2v) is 9.78. The molecule has 1 fully saturated rings. The van der Waals surface area contributed by atoms with Crippen molar-refractivity contribution in [2.24, 2.45) is 0 Å². The molecule has 0 bridgehead atoms. The first-order valence-electron chi connectivity index (χ1n) is 13.2. The molecule has 208 valence electrons. The van der Waals surface area contributed by atoms with Crippen molar-refractivity contribution in [2.45, 2.75) is 27.2 Å². The number of hydrogen-bond acceptors (Lipinski definition) is 6. The van der Waals surface area contributed by atoms with Crippen molar-refractivity contribution >= 4 is 35.1 Å². The molecule has 0 saturated carbocycles. The van der Waals surface area contributed by atoms with Gasteiger partial charge in [0.2, 0.25) is 5.91 Å². The Balaban J connectivity index is 0.000000353. The Morgan fingerprint density at radius 3 is 2.56 bits per heavy atom. The van der Waals surface area contributed by atoms with E-state index in [1.165, 1.54) is 0 Å². The predicted molar refractivity (Wildman–Crippen MR) is 158 cm³/mol. The lowest BCUT2D eigenvalue weighted by atomic mass is 9.92. The maximum absolute atomic E-state index is 12.0. The van der Waals surface area contributed by atoms with Crippen LogP contribution in [0.5, 0.6) is 0 Å². The van der Waals surface area contributed by atoms with Crippen molar-refractivity contribution in [3.8, 4) is 0 Å². The van der Waals surface area contributed by atoms with Crippen molar-refractivity contribution < 1.29 is 19.4 Å². The van der Waals surface area contributed by atoms with E-state index >= 15 is 0 Å². The molecule has 4 N–H and O–H groups in total. The van der Waals surface area contributed by atoms with E-state index in [2.05, 4.69) is 16.9 Å². The zero-order chi connectivity index (χ0) is 28.4. The first-order valence-corrected chi connectivity index (χ1v) is 13.2. The van der Waals surface area contributed by atoms with Crippen molar-refractivity contribution in [2.75, 3.05) is 52.2 Å². The normalized spacial score (nSPS) is 16.0. The Labute approximate surface area is 231 Å². The number of hydrogen-bond donors (Lipinski definition) is 3. The predicted octanol–water partition coefficient (Wildman–Crippen LogP) is 3.97. The minimum absolute atomic E-state index is 0.0451. The van der Waals surface area contributed by atoms with E-state index in [9.17, 15) is 9.59 Å². The number of aliphatic hydroxyl groups is 1. The van der Waals surface area contributed by atoms with Gasteiger partial charge in [-0.25, -0.2) is 0 Å². The summed E-state index contributed by atoms with van der Waals surface area (Å²) in [6.07, 6.45) is 11.2. The summed E-state index contributed by atoms with van der Waals surface area (Å²) in [5, 5.41) is 9.05. The number of aldehydes is 1. The number of amides is 1. The summed E-state index contributed by atoms with van der Waals surface area (Å²) in [6.45, 7) is 9.62. The van der Waals surface area contributed by atoms with E-state index < -0.39 is 0 Å². The number of allylic oxidation sites excluding steroid dienone is 6. The molecule has 2 aliphatic rings. The van der Waals surface area contributed by atoms with Crippen LogP contribution in [-0.4, -0.2) is 78.5 Å². The number of anilines is 1. The molecule has 0 atom stereocenters. The Morgan fingerprint density at radius 2 is 1.95 bits per heavy atom. The van der Waals surface area contributed by atoms with E-state index in [1.54, 1.807) is 13.0 Å². The molecule has 1 saturated heterocycles. The number of aromatic nitrogens is 1. The number of nitrogen functional groups attached to an aromatic ring is 1. The number of aromatic amines is 1. The van der Waals surface area contributed by atoms with Crippen LogP contribution in [0.1, 0.15) is 41.4 Å². The third-order valence-electron chi connectivity index (χ3n) is 6.69. The molecule has 2 aromatic rings. The van der Waals surface area contributed by atoms with E-state index in [0.29, 0.717) is 23.2 Å². The van der Waals surface area contributed by atoms with Gasteiger partial charge in [-0.05, 0) is 61.9 Å². The number of rotatable bonds is 7. The molecule has 0 unspecified atom stereocenters. The van der Waals surface area contributed by atoms with Gasteiger partial charge in [-0.15, -0.1) is 0 Å². The van der Waals surface area contributed by atoms with Gasteiger partial charge in [0.1, 0.15) is 12.4 Å². The van der Waals surface area contributed by atoms with E-state index in [0.717, 1.165) is 66.3 Å². The van der Waals surface area contributed by atoms with Gasteiger partial charge in [0.15, 0.2) is 6.29 Å². The van der Waals surface area contributed by atoms with Gasteiger partial charge in [-0.3, -0.25) is 9.59 Å². The van der Waals surface area contributed by atoms with Gasteiger partial charge in [-0.1, -0.05) is 30.4 Å². The third-order valence-corrected chi connectivity index (χ3v) is 6.69. The molecule has 4 rings (SSSR count). The summed E-state index contributed by atoms with van der Waals surface area (Å²) in [5.74, 6) is 0.952. The molecule has 1 aliphatic carbocycles. The summed E-state index contributed by atoms with van der Waals surface area (Å²) >= 11 is 0. The minimum Gasteiger partial charge on any atom is -0.495 e. The molecule has 2 heterocycles. The quantitative estimate of drug-likeness (QED) is 0.283. The fourth-order valence-corrected chi connectivity index (χ4v) is 4.56. The zero-order valence-electron chi connectivity index (χ0n) is 23.4. The lowest BCUT2D eigenvalue weighted by Gasteiger charge is -2.31. The molecule has 1 aromatic carbocycles. The molecule has 1 aliphatic heterocycles. The van der Waals surface area contributed by atoms with Crippen LogP contribution < -0.4 is 5.73 Å². The molecule has 1 amide bonds. The van der Waals surface area contributed by atoms with E-state index in [1.807, 2.05) is 67.3 Å². The van der Waals surface area contributed by atoms with Crippen LogP contribution in [-0.2, 0) is 14.3 Å². The van der Waals surface area contributed by atoms with Crippen molar-refractivity contribution in [1.29, 1.82) is 0 Å². The Hall–Kier alpha value is -3.88. The lowest BCUT2D eigenvalue weighted by Crippen LogP contribution is -2.46. The summed E-state index contributed by atoms with van der Waals surface area (Å²) < 4.78 is 5.63. The summed E-state index contributed by atoms with van der Waals surface area (Å²) in [5.41, 5.74) is 12.8. The lowest BCUT2D eigenvalue weighted by molar-refractivity contribution is -0.130. The maximum atomic E-state index is 12.0. The highest BCUT2D eigenvalue weighted by atomic mass is 16.5. The monoisotopic (exact) mass is 532 g/mol. The van der Waals surface area contributed by atoms with Gasteiger partial charge >= 0.3 is 0 Å². The average Bonchev–Trinajstić information content (AvgIpc) is 3.08. The highest BCUT2D eigenvalue weighted by Crippen LogP contribution is 2.33. The smallest absolute Gasteiger partial charge is 0.219 e. The molecule has 8 heteroatoms. The third kappa shape index (κ3) is 8.30. The largest absolute Gasteiger partial charge is 0.495 e. The number of likely N-dealkylation sites (N-methyl/N-ethyl adjacent to an activating group) is 1. The van der Waals surface area contributed by atoms with Gasteiger partial charge < -0.3 is 30.4 Å². The van der Waals surface area contributed by atoms with Crippen LogP contribution in [0.2, 0.25) is 0 Å². The van der Waals surface area contributed by atoms with Crippen LogP contribution in [0.25, 0.3) is 17.2 Å². The number of nitrogens with one attached hydrogen (secondary N) is 1. The van der Waals surface area contributed by atoms with Crippen LogP contribution in [0.4, 0.5) is 5.69 Å². The molecule has 39 heavy (non-hydrogen) atoms. The standard InChI is InChI=1S/C24H26N2O3.C7H14N2O/c1-16-12-17(2)26-23(16)14-19(15-28)24-21(8-5-9-22(24)25)18-6-3-4-7-20(13-18)29-11-10-27;1-7(10)9-5-3-8(2)4-6-9/h3-6,8-9,12-15,26-27H,7,10-11,25H2,1-2H3;3-6H2,1-2H3/b19-14+;. The van der Waals surface area contributed by atoms with Crippen molar-refractivity contribution in [3.05, 3.63) is 82.4 Å². The number of carbonyl (C=O) groups is 2.